The monoisotopic (exact) mass is 205 g/mol. The van der Waals surface area contributed by atoms with E-state index in [1.54, 1.807) is 6.07 Å². The fraction of sp³-hybridized carbons (Fsp3) is 0. The molecule has 6 heteroatoms. The summed E-state index contributed by atoms with van der Waals surface area (Å²) in [7, 11) is 0. The van der Waals surface area contributed by atoms with Gasteiger partial charge in [-0.25, -0.2) is 14.6 Å². The molecule has 0 saturated heterocycles. The van der Waals surface area contributed by atoms with Gasteiger partial charge in [0.15, 0.2) is 0 Å². The number of carboxylic acid groups (broad SMARTS) is 1. The van der Waals surface area contributed by atoms with Gasteiger partial charge in [-0.15, -0.1) is 0 Å². The molecule has 2 rings (SSSR count). The zero-order chi connectivity index (χ0) is 11.0. The zero-order valence-electron chi connectivity index (χ0n) is 7.54. The number of nitrogens with two attached hydrogens (primary N) is 1. The van der Waals surface area contributed by atoms with Crippen molar-refractivity contribution in [3.8, 4) is 0 Å². The van der Waals surface area contributed by atoms with Crippen LogP contribution in [0, 0.1) is 0 Å². The van der Waals surface area contributed by atoms with E-state index in [9.17, 15) is 9.59 Å². The van der Waals surface area contributed by atoms with Crippen molar-refractivity contribution in [2.75, 3.05) is 0 Å². The van der Waals surface area contributed by atoms with Crippen molar-refractivity contribution in [1.82, 2.24) is 9.55 Å². The van der Waals surface area contributed by atoms with Crippen LogP contribution in [-0.2, 0) is 0 Å². The number of fused-ring (bicyclic) bond motifs is 1. The summed E-state index contributed by atoms with van der Waals surface area (Å²) in [6.45, 7) is 0. The number of primary amides is 1. The average Bonchev–Trinajstić information content (AvgIpc) is 2.59. The molecule has 0 atom stereocenters. The van der Waals surface area contributed by atoms with Crippen molar-refractivity contribution in [2.45, 2.75) is 0 Å². The van der Waals surface area contributed by atoms with Crippen molar-refractivity contribution in [2.24, 2.45) is 5.73 Å². The number of carbonyl (C=O) groups is 2. The molecule has 0 saturated carbocycles. The minimum absolute atomic E-state index is 0.0738. The molecule has 0 aliphatic rings. The molecule has 2 heterocycles. The van der Waals surface area contributed by atoms with Gasteiger partial charge in [0, 0.05) is 17.8 Å². The van der Waals surface area contributed by atoms with Gasteiger partial charge in [-0.1, -0.05) is 0 Å². The number of carboxylic acids is 1. The zero-order valence-corrected chi connectivity index (χ0v) is 7.54. The second-order valence-corrected chi connectivity index (χ2v) is 2.97. The number of amides is 1. The van der Waals surface area contributed by atoms with E-state index in [0.29, 0.717) is 11.0 Å². The van der Waals surface area contributed by atoms with E-state index in [1.165, 1.54) is 18.5 Å². The van der Waals surface area contributed by atoms with Gasteiger partial charge in [0.25, 0.3) is 0 Å². The van der Waals surface area contributed by atoms with Gasteiger partial charge in [0.05, 0.1) is 5.56 Å². The Morgan fingerprint density at radius 1 is 1.47 bits per heavy atom. The quantitative estimate of drug-likeness (QED) is 0.714. The van der Waals surface area contributed by atoms with Crippen molar-refractivity contribution in [1.29, 1.82) is 0 Å². The summed E-state index contributed by atoms with van der Waals surface area (Å²) in [5, 5.41) is 9.29. The highest BCUT2D eigenvalue weighted by Gasteiger charge is 2.09. The number of hydrogen-bond donors (Lipinski definition) is 2. The molecule has 0 aliphatic carbocycles. The molecule has 0 spiro atoms. The topological polar surface area (TPSA) is 98.2 Å². The Kier molecular flexibility index (Phi) is 1.89. The fourth-order valence-electron chi connectivity index (χ4n) is 1.32. The highest BCUT2D eigenvalue weighted by atomic mass is 16.4. The van der Waals surface area contributed by atoms with Gasteiger partial charge in [-0.05, 0) is 12.1 Å². The van der Waals surface area contributed by atoms with E-state index >= 15 is 0 Å². The van der Waals surface area contributed by atoms with Crippen LogP contribution in [0.25, 0.3) is 11.0 Å². The summed E-state index contributed by atoms with van der Waals surface area (Å²) in [5.41, 5.74) is 5.52. The Bertz CT molecular complexity index is 559. The van der Waals surface area contributed by atoms with Crippen LogP contribution >= 0.6 is 0 Å². The number of aromatic nitrogens is 2. The Balaban J connectivity index is 2.66. The predicted molar refractivity (Wildman–Crippen MR) is 51.7 cm³/mol. The first-order chi connectivity index (χ1) is 7.09. The molecule has 6 nitrogen and oxygen atoms in total. The molecule has 76 valence electrons. The maximum absolute atomic E-state index is 10.9. The maximum Gasteiger partial charge on any atom is 0.337 e. The van der Waals surface area contributed by atoms with E-state index in [1.807, 2.05) is 0 Å². The largest absolute Gasteiger partial charge is 0.478 e. The number of hydrogen-bond acceptors (Lipinski definition) is 3. The van der Waals surface area contributed by atoms with Crippen molar-refractivity contribution >= 4 is 23.0 Å². The first-order valence-corrected chi connectivity index (χ1v) is 4.10. The van der Waals surface area contributed by atoms with Crippen molar-refractivity contribution in [3.63, 3.8) is 0 Å². The Hall–Kier alpha value is -2.37. The Morgan fingerprint density at radius 3 is 2.80 bits per heavy atom. The molecule has 15 heavy (non-hydrogen) atoms. The maximum atomic E-state index is 10.9. The van der Waals surface area contributed by atoms with Gasteiger partial charge >= 0.3 is 12.0 Å². The van der Waals surface area contributed by atoms with E-state index in [-0.39, 0.29) is 5.56 Å². The number of carbonyl (C=O) groups excluding carboxylic acids is 1. The molecule has 0 radical (unpaired) electrons. The molecule has 0 aromatic carbocycles. The van der Waals surface area contributed by atoms with E-state index < -0.39 is 12.0 Å². The molecule has 0 unspecified atom stereocenters. The number of pyridine rings is 1. The second kappa shape index (κ2) is 3.09. The molecule has 3 N–H and O–H groups in total. The van der Waals surface area contributed by atoms with Crippen LogP contribution in [0.1, 0.15) is 10.4 Å². The lowest BCUT2D eigenvalue weighted by molar-refractivity contribution is 0.0696. The number of rotatable bonds is 1. The molecule has 2 aromatic heterocycles. The fourth-order valence-corrected chi connectivity index (χ4v) is 1.32. The van der Waals surface area contributed by atoms with Gasteiger partial charge in [0.1, 0.15) is 5.65 Å². The van der Waals surface area contributed by atoms with Crippen LogP contribution in [0.5, 0.6) is 0 Å². The summed E-state index contributed by atoms with van der Waals surface area (Å²) in [5.74, 6) is -1.06. The van der Waals surface area contributed by atoms with Crippen molar-refractivity contribution < 1.29 is 14.7 Å². The van der Waals surface area contributed by atoms with Crippen LogP contribution in [-0.4, -0.2) is 26.7 Å². The van der Waals surface area contributed by atoms with Gasteiger partial charge in [-0.2, -0.15) is 0 Å². The van der Waals surface area contributed by atoms with Crippen LogP contribution < -0.4 is 5.73 Å². The van der Waals surface area contributed by atoms with Gasteiger partial charge in [0.2, 0.25) is 0 Å². The molecule has 0 fully saturated rings. The van der Waals surface area contributed by atoms with Crippen LogP contribution in [0.4, 0.5) is 4.79 Å². The standard InChI is InChI=1S/C9H7N3O3/c10-9(15)12-2-1-5-3-6(8(13)14)4-11-7(5)12/h1-4H,(H2,10,15)(H,13,14). The SMILES string of the molecule is NC(=O)n1ccc2cc(C(=O)O)cnc21. The Morgan fingerprint density at radius 2 is 2.20 bits per heavy atom. The minimum atomic E-state index is -1.06. The smallest absolute Gasteiger partial charge is 0.337 e. The summed E-state index contributed by atoms with van der Waals surface area (Å²) in [6, 6.07) is 2.37. The summed E-state index contributed by atoms with van der Waals surface area (Å²) < 4.78 is 1.15. The van der Waals surface area contributed by atoms with E-state index in [0.717, 1.165) is 4.57 Å². The Labute approximate surface area is 83.9 Å². The third-order valence-corrected chi connectivity index (χ3v) is 2.01. The number of aromatic carboxylic acids is 1. The molecular weight excluding hydrogens is 198 g/mol. The lowest BCUT2D eigenvalue weighted by Gasteiger charge is -1.98. The summed E-state index contributed by atoms with van der Waals surface area (Å²) in [4.78, 5) is 25.4. The van der Waals surface area contributed by atoms with E-state index in [4.69, 9.17) is 10.8 Å². The molecule has 0 aliphatic heterocycles. The summed E-state index contributed by atoms with van der Waals surface area (Å²) in [6.07, 6.45) is 2.63. The lowest BCUT2D eigenvalue weighted by Crippen LogP contribution is -2.18. The van der Waals surface area contributed by atoms with Gasteiger partial charge < -0.3 is 10.8 Å². The van der Waals surface area contributed by atoms with Gasteiger partial charge in [-0.3, -0.25) is 4.57 Å². The highest BCUT2D eigenvalue weighted by molar-refractivity contribution is 5.94. The van der Waals surface area contributed by atoms with Crippen LogP contribution in [0.15, 0.2) is 24.5 Å². The molecular formula is C9H7N3O3. The summed E-state index contributed by atoms with van der Waals surface area (Å²) >= 11 is 0. The predicted octanol–water partition coefficient (Wildman–Crippen LogP) is 0.661. The first kappa shape index (κ1) is 9.20. The van der Waals surface area contributed by atoms with Crippen LogP contribution in [0.3, 0.4) is 0 Å². The normalized spacial score (nSPS) is 10.4. The third-order valence-electron chi connectivity index (χ3n) is 2.01. The van der Waals surface area contributed by atoms with Crippen molar-refractivity contribution in [3.05, 3.63) is 30.1 Å². The molecule has 2 aromatic rings. The number of nitrogens with zero attached hydrogens (tertiary/aromatic N) is 2. The second-order valence-electron chi connectivity index (χ2n) is 2.97. The highest BCUT2D eigenvalue weighted by Crippen LogP contribution is 2.14. The first-order valence-electron chi connectivity index (χ1n) is 4.10. The molecule has 0 bridgehead atoms. The minimum Gasteiger partial charge on any atom is -0.478 e. The lowest BCUT2D eigenvalue weighted by atomic mass is 10.2. The molecule has 1 amide bonds. The average molecular weight is 205 g/mol. The third kappa shape index (κ3) is 1.41. The van der Waals surface area contributed by atoms with E-state index in [2.05, 4.69) is 4.98 Å². The van der Waals surface area contributed by atoms with Crippen LogP contribution in [0.2, 0.25) is 0 Å².